The smallest absolute Gasteiger partial charge is 0.407 e. The van der Waals surface area contributed by atoms with Crippen LogP contribution >= 0.6 is 0 Å². The summed E-state index contributed by atoms with van der Waals surface area (Å²) >= 11 is 0. The molecule has 47 heavy (non-hydrogen) atoms. The summed E-state index contributed by atoms with van der Waals surface area (Å²) in [7, 11) is 1.93. The van der Waals surface area contributed by atoms with E-state index < -0.39 is 12.1 Å². The first-order chi connectivity index (χ1) is 22.4. The molecule has 6 rings (SSSR count). The Morgan fingerprint density at radius 1 is 1.19 bits per heavy atom. The van der Waals surface area contributed by atoms with Crippen molar-refractivity contribution in [2.45, 2.75) is 84.1 Å². The van der Waals surface area contributed by atoms with E-state index in [2.05, 4.69) is 38.8 Å². The molecule has 4 aromatic rings. The first-order valence-electron chi connectivity index (χ1n) is 16.4. The van der Waals surface area contributed by atoms with E-state index in [0.717, 1.165) is 55.5 Å². The van der Waals surface area contributed by atoms with Crippen LogP contribution in [0.2, 0.25) is 0 Å². The average Bonchev–Trinajstić information content (AvgIpc) is 3.77. The van der Waals surface area contributed by atoms with E-state index in [4.69, 9.17) is 4.74 Å². The standard InChI is InChI=1S/C36H44N8O3/c1-34(2,3)29(41-33(46)47-22-35(4)12-6-7-13-35)25-17-28(30-38-15-16-44(30)21-25)31(45)40-27-10-8-9-26(18-27)36(19-24(20-36)11-14-37)32-42-39-23-43(32)5/h8-10,15-18,21,23-24,29H,6-7,11-13,19-20,22H2,1-5H3,(H,40,45)(H,41,46). The minimum atomic E-state index is -0.462. The van der Waals surface area contributed by atoms with Crippen molar-refractivity contribution < 1.29 is 14.3 Å². The lowest BCUT2D eigenvalue weighted by Crippen LogP contribution is -2.44. The van der Waals surface area contributed by atoms with Crippen molar-refractivity contribution in [1.29, 1.82) is 5.26 Å². The SMILES string of the molecule is Cn1cnnc1C1(c2cccc(NC(=O)c3cc(C(NC(=O)OCC4(C)CCCC4)C(C)(C)C)cn4ccnc34)c2)CC(CC#N)C1. The molecule has 0 radical (unpaired) electrons. The highest BCUT2D eigenvalue weighted by Crippen LogP contribution is 2.53. The molecule has 3 heterocycles. The van der Waals surface area contributed by atoms with Crippen molar-refractivity contribution in [3.8, 4) is 6.07 Å². The fourth-order valence-electron chi connectivity index (χ4n) is 7.51. The van der Waals surface area contributed by atoms with Gasteiger partial charge in [0.25, 0.3) is 5.91 Å². The van der Waals surface area contributed by atoms with E-state index in [9.17, 15) is 14.9 Å². The number of rotatable bonds is 9. The Bertz CT molecular complexity index is 1820. The Hall–Kier alpha value is -4.72. The van der Waals surface area contributed by atoms with Gasteiger partial charge in [0.15, 0.2) is 0 Å². The Kier molecular flexibility index (Phi) is 8.55. The van der Waals surface area contributed by atoms with Crippen LogP contribution < -0.4 is 10.6 Å². The highest BCUT2D eigenvalue weighted by atomic mass is 16.5. The maximum Gasteiger partial charge on any atom is 0.407 e. The number of imidazole rings is 1. The first-order valence-corrected chi connectivity index (χ1v) is 16.4. The third-order valence-electron chi connectivity index (χ3n) is 10.0. The van der Waals surface area contributed by atoms with Gasteiger partial charge in [-0.25, -0.2) is 9.78 Å². The van der Waals surface area contributed by atoms with Crippen LogP contribution in [0.3, 0.4) is 0 Å². The number of carbonyl (C=O) groups excluding carboxylic acids is 2. The molecule has 2 saturated carbocycles. The highest BCUT2D eigenvalue weighted by molar-refractivity contribution is 6.08. The molecule has 2 amide bonds. The molecule has 1 atom stereocenters. The number of aromatic nitrogens is 5. The van der Waals surface area contributed by atoms with Crippen LogP contribution in [0, 0.1) is 28.1 Å². The second-order valence-corrected chi connectivity index (χ2v) is 14.9. The summed E-state index contributed by atoms with van der Waals surface area (Å²) in [5, 5.41) is 24.0. The second kappa shape index (κ2) is 12.5. The van der Waals surface area contributed by atoms with Gasteiger partial charge in [-0.1, -0.05) is 52.7 Å². The summed E-state index contributed by atoms with van der Waals surface area (Å²) in [6.45, 7) is 8.71. The van der Waals surface area contributed by atoms with E-state index in [1.165, 1.54) is 0 Å². The number of carbonyl (C=O) groups is 2. The van der Waals surface area contributed by atoms with Crippen LogP contribution in [-0.2, 0) is 17.2 Å². The molecular weight excluding hydrogens is 592 g/mol. The minimum Gasteiger partial charge on any atom is -0.449 e. The third-order valence-corrected chi connectivity index (χ3v) is 10.0. The summed E-state index contributed by atoms with van der Waals surface area (Å²) in [6.07, 6.45) is 13.1. The van der Waals surface area contributed by atoms with Crippen molar-refractivity contribution in [1.82, 2.24) is 29.5 Å². The number of aryl methyl sites for hydroxylation is 1. The Morgan fingerprint density at radius 2 is 1.96 bits per heavy atom. The van der Waals surface area contributed by atoms with Gasteiger partial charge < -0.3 is 24.3 Å². The molecule has 1 aromatic carbocycles. The lowest BCUT2D eigenvalue weighted by Gasteiger charge is -2.46. The molecular formula is C36H44N8O3. The quantitative estimate of drug-likeness (QED) is 0.208. The minimum absolute atomic E-state index is 0.0255. The third kappa shape index (κ3) is 6.46. The molecule has 0 aliphatic heterocycles. The van der Waals surface area contributed by atoms with Crippen LogP contribution in [-0.4, -0.2) is 42.8 Å². The van der Waals surface area contributed by atoms with Gasteiger partial charge >= 0.3 is 6.09 Å². The van der Waals surface area contributed by atoms with E-state index >= 15 is 0 Å². The first kappa shape index (κ1) is 32.2. The Morgan fingerprint density at radius 3 is 2.64 bits per heavy atom. The number of fused-ring (bicyclic) bond motifs is 1. The molecule has 2 aliphatic carbocycles. The number of nitriles is 1. The topological polar surface area (TPSA) is 139 Å². The van der Waals surface area contributed by atoms with Crippen LogP contribution in [0.4, 0.5) is 10.5 Å². The van der Waals surface area contributed by atoms with Gasteiger partial charge in [0.1, 0.15) is 17.8 Å². The fourth-order valence-corrected chi connectivity index (χ4v) is 7.51. The summed E-state index contributed by atoms with van der Waals surface area (Å²) in [5.41, 5.74) is 2.58. The molecule has 0 saturated heterocycles. The predicted molar refractivity (Wildman–Crippen MR) is 178 cm³/mol. The lowest BCUT2D eigenvalue weighted by molar-refractivity contribution is 0.0855. The largest absolute Gasteiger partial charge is 0.449 e. The molecule has 1 unspecified atom stereocenters. The number of anilines is 1. The summed E-state index contributed by atoms with van der Waals surface area (Å²) in [5.74, 6) is 0.811. The number of pyridine rings is 1. The molecule has 2 aliphatic rings. The number of nitrogens with zero attached hydrogens (tertiary/aromatic N) is 6. The van der Waals surface area contributed by atoms with Crippen molar-refractivity contribution in [2.24, 2.45) is 23.8 Å². The number of ether oxygens (including phenoxy) is 1. The number of benzene rings is 1. The summed E-state index contributed by atoms with van der Waals surface area (Å²) < 4.78 is 9.49. The van der Waals surface area contributed by atoms with Gasteiger partial charge in [0, 0.05) is 43.2 Å². The number of nitrogens with one attached hydrogen (secondary N) is 2. The van der Waals surface area contributed by atoms with Gasteiger partial charge in [0.2, 0.25) is 0 Å². The van der Waals surface area contributed by atoms with Gasteiger partial charge in [0.05, 0.1) is 29.7 Å². The zero-order valence-corrected chi connectivity index (χ0v) is 27.9. The van der Waals surface area contributed by atoms with E-state index in [1.54, 1.807) is 18.7 Å². The normalized spacial score (nSPS) is 21.1. The molecule has 2 N–H and O–H groups in total. The molecule has 11 nitrogen and oxygen atoms in total. The monoisotopic (exact) mass is 636 g/mol. The average molecular weight is 637 g/mol. The van der Waals surface area contributed by atoms with E-state index in [-0.39, 0.29) is 28.1 Å². The number of hydrogen-bond acceptors (Lipinski definition) is 7. The van der Waals surface area contributed by atoms with Gasteiger partial charge in [-0.05, 0) is 66.3 Å². The highest BCUT2D eigenvalue weighted by Gasteiger charge is 2.49. The van der Waals surface area contributed by atoms with Crippen LogP contribution in [0.5, 0.6) is 0 Å². The van der Waals surface area contributed by atoms with E-state index in [1.807, 2.05) is 73.3 Å². The van der Waals surface area contributed by atoms with Crippen molar-refractivity contribution in [2.75, 3.05) is 11.9 Å². The van der Waals surface area contributed by atoms with Gasteiger partial charge in [-0.15, -0.1) is 10.2 Å². The molecule has 11 heteroatoms. The Labute approximate surface area is 275 Å². The van der Waals surface area contributed by atoms with Crippen LogP contribution in [0.15, 0.2) is 55.2 Å². The molecule has 0 spiro atoms. The zero-order valence-electron chi connectivity index (χ0n) is 27.9. The predicted octanol–water partition coefficient (Wildman–Crippen LogP) is 6.72. The number of hydrogen-bond donors (Lipinski definition) is 2. The molecule has 2 fully saturated rings. The van der Waals surface area contributed by atoms with Crippen molar-refractivity contribution in [3.63, 3.8) is 0 Å². The number of amides is 2. The fraction of sp³-hybridized carbons (Fsp3) is 0.500. The zero-order chi connectivity index (χ0) is 33.4. The van der Waals surface area contributed by atoms with Gasteiger partial charge in [-0.3, -0.25) is 4.79 Å². The maximum absolute atomic E-state index is 14.0. The van der Waals surface area contributed by atoms with Crippen molar-refractivity contribution >= 4 is 23.3 Å². The number of alkyl carbamates (subject to hydrolysis) is 1. The second-order valence-electron chi connectivity index (χ2n) is 14.9. The molecule has 0 bridgehead atoms. The molecule has 246 valence electrons. The van der Waals surface area contributed by atoms with Gasteiger partial charge in [-0.2, -0.15) is 5.26 Å². The summed E-state index contributed by atoms with van der Waals surface area (Å²) in [4.78, 5) is 31.6. The van der Waals surface area contributed by atoms with E-state index in [0.29, 0.717) is 29.9 Å². The van der Waals surface area contributed by atoms with Crippen LogP contribution in [0.25, 0.3) is 5.65 Å². The molecule has 3 aromatic heterocycles. The van der Waals surface area contributed by atoms with Crippen LogP contribution in [0.1, 0.15) is 106 Å². The summed E-state index contributed by atoms with van der Waals surface area (Å²) in [6, 6.07) is 11.5. The van der Waals surface area contributed by atoms with Crippen molar-refractivity contribution in [3.05, 3.63) is 77.8 Å². The lowest BCUT2D eigenvalue weighted by atomic mass is 9.57. The maximum atomic E-state index is 14.0. The Balaban J connectivity index is 1.26.